The van der Waals surface area contributed by atoms with Gasteiger partial charge in [-0.2, -0.15) is 0 Å². The van der Waals surface area contributed by atoms with E-state index in [1.54, 1.807) is 12.1 Å². The highest BCUT2D eigenvalue weighted by Crippen LogP contribution is 2.40. The molecule has 1 aliphatic heterocycles. The van der Waals surface area contributed by atoms with E-state index in [0.29, 0.717) is 6.54 Å². The number of nitrogens with one attached hydrogen (secondary N) is 1. The minimum atomic E-state index is -0.243. The van der Waals surface area contributed by atoms with E-state index in [-0.39, 0.29) is 23.3 Å². The van der Waals surface area contributed by atoms with Crippen LogP contribution in [0.25, 0.3) is 0 Å². The summed E-state index contributed by atoms with van der Waals surface area (Å²) in [5.41, 5.74) is 1.19. The molecule has 1 saturated heterocycles. The van der Waals surface area contributed by atoms with E-state index in [0.717, 1.165) is 12.1 Å². The Morgan fingerprint density at radius 1 is 1.30 bits per heavy atom. The van der Waals surface area contributed by atoms with E-state index in [1.807, 2.05) is 4.90 Å². The van der Waals surface area contributed by atoms with Crippen LogP contribution in [0.2, 0.25) is 0 Å². The molecule has 3 rings (SSSR count). The van der Waals surface area contributed by atoms with Crippen molar-refractivity contribution in [3.63, 3.8) is 0 Å². The fraction of sp³-hybridized carbons (Fsp3) is 0.562. The molecular weight excluding hydrogens is 255 g/mol. The number of carbonyl (C=O) groups excluding carboxylic acids is 1. The maximum absolute atomic E-state index is 13.0. The summed E-state index contributed by atoms with van der Waals surface area (Å²) in [4.78, 5) is 14.1. The number of halogens is 1. The molecule has 1 aliphatic carbocycles. The minimum Gasteiger partial charge on any atom is -0.321 e. The third-order valence-corrected chi connectivity index (χ3v) is 4.63. The van der Waals surface area contributed by atoms with E-state index in [2.05, 4.69) is 12.2 Å². The Kier molecular flexibility index (Phi) is 3.50. The van der Waals surface area contributed by atoms with Crippen molar-refractivity contribution in [2.75, 3.05) is 13.1 Å². The van der Waals surface area contributed by atoms with Crippen LogP contribution in [0.15, 0.2) is 24.3 Å². The van der Waals surface area contributed by atoms with Crippen LogP contribution >= 0.6 is 0 Å². The van der Waals surface area contributed by atoms with Crippen LogP contribution in [0.3, 0.4) is 0 Å². The lowest BCUT2D eigenvalue weighted by Crippen LogP contribution is -2.38. The second kappa shape index (κ2) is 5.17. The van der Waals surface area contributed by atoms with Gasteiger partial charge in [0, 0.05) is 6.54 Å². The lowest BCUT2D eigenvalue weighted by molar-refractivity contribution is -0.129. The Hall–Kier alpha value is -1.42. The van der Waals surface area contributed by atoms with Gasteiger partial charge in [-0.3, -0.25) is 10.1 Å². The Balaban J connectivity index is 1.79. The molecule has 1 atom stereocenters. The molecule has 0 aromatic heterocycles. The molecule has 1 aromatic carbocycles. The SMILES string of the molecule is CC1(CN2C(=O)CNC2c2ccc(F)cc2)CCCC1. The molecule has 1 saturated carbocycles. The Morgan fingerprint density at radius 2 is 1.95 bits per heavy atom. The zero-order valence-electron chi connectivity index (χ0n) is 11.9. The van der Waals surface area contributed by atoms with Crippen molar-refractivity contribution in [1.82, 2.24) is 10.2 Å². The predicted molar refractivity (Wildman–Crippen MR) is 75.4 cm³/mol. The largest absolute Gasteiger partial charge is 0.321 e. The van der Waals surface area contributed by atoms with Gasteiger partial charge in [-0.25, -0.2) is 4.39 Å². The Labute approximate surface area is 119 Å². The molecule has 0 spiro atoms. The topological polar surface area (TPSA) is 32.3 Å². The highest BCUT2D eigenvalue weighted by molar-refractivity contribution is 5.81. The van der Waals surface area contributed by atoms with Crippen molar-refractivity contribution in [3.8, 4) is 0 Å². The zero-order valence-corrected chi connectivity index (χ0v) is 11.9. The normalized spacial score (nSPS) is 25.4. The van der Waals surface area contributed by atoms with Gasteiger partial charge in [-0.05, 0) is 36.0 Å². The molecule has 1 aromatic rings. The molecular formula is C16H21FN2O. The fourth-order valence-electron chi connectivity index (χ4n) is 3.46. The predicted octanol–water partition coefficient (Wildman–Crippen LogP) is 2.84. The molecule has 3 nitrogen and oxygen atoms in total. The number of benzene rings is 1. The average Bonchev–Trinajstić information content (AvgIpc) is 3.00. The van der Waals surface area contributed by atoms with Gasteiger partial charge < -0.3 is 4.90 Å². The second-order valence-electron chi connectivity index (χ2n) is 6.37. The molecule has 0 radical (unpaired) electrons. The molecule has 108 valence electrons. The zero-order chi connectivity index (χ0) is 14.2. The van der Waals surface area contributed by atoms with Gasteiger partial charge in [0.05, 0.1) is 6.54 Å². The smallest absolute Gasteiger partial charge is 0.238 e. The third-order valence-electron chi connectivity index (χ3n) is 4.63. The van der Waals surface area contributed by atoms with Gasteiger partial charge in [0.1, 0.15) is 12.0 Å². The van der Waals surface area contributed by atoms with E-state index in [4.69, 9.17) is 0 Å². The summed E-state index contributed by atoms with van der Waals surface area (Å²) in [5, 5.41) is 3.24. The number of amides is 1. The van der Waals surface area contributed by atoms with E-state index in [9.17, 15) is 9.18 Å². The van der Waals surface area contributed by atoms with Crippen molar-refractivity contribution in [3.05, 3.63) is 35.6 Å². The number of carbonyl (C=O) groups is 1. The van der Waals surface area contributed by atoms with Crippen molar-refractivity contribution in [2.24, 2.45) is 5.41 Å². The molecule has 1 heterocycles. The molecule has 1 amide bonds. The van der Waals surface area contributed by atoms with Gasteiger partial charge in [0.25, 0.3) is 0 Å². The third kappa shape index (κ3) is 2.57. The van der Waals surface area contributed by atoms with Gasteiger partial charge in [-0.15, -0.1) is 0 Å². The summed E-state index contributed by atoms with van der Waals surface area (Å²) in [6.45, 7) is 3.44. The molecule has 20 heavy (non-hydrogen) atoms. The van der Waals surface area contributed by atoms with Crippen LogP contribution in [-0.4, -0.2) is 23.9 Å². The molecule has 2 aliphatic rings. The summed E-state index contributed by atoms with van der Waals surface area (Å²) in [7, 11) is 0. The second-order valence-corrected chi connectivity index (χ2v) is 6.37. The summed E-state index contributed by atoms with van der Waals surface area (Å²) in [5.74, 6) is -0.0974. The van der Waals surface area contributed by atoms with Crippen LogP contribution in [-0.2, 0) is 4.79 Å². The lowest BCUT2D eigenvalue weighted by atomic mass is 9.88. The average molecular weight is 276 g/mol. The van der Waals surface area contributed by atoms with Gasteiger partial charge in [-0.1, -0.05) is 31.9 Å². The molecule has 1 unspecified atom stereocenters. The van der Waals surface area contributed by atoms with Crippen molar-refractivity contribution >= 4 is 5.91 Å². The summed E-state index contributed by atoms with van der Waals surface area (Å²) in [6, 6.07) is 6.43. The Bertz CT molecular complexity index is 494. The van der Waals surface area contributed by atoms with E-state index < -0.39 is 0 Å². The maximum Gasteiger partial charge on any atom is 0.238 e. The fourth-order valence-corrected chi connectivity index (χ4v) is 3.46. The standard InChI is InChI=1S/C16H21FN2O/c1-16(8-2-3-9-16)11-19-14(20)10-18-15(19)12-4-6-13(17)7-5-12/h4-7,15,18H,2-3,8-11H2,1H3. The minimum absolute atomic E-state index is 0.111. The van der Waals surface area contributed by atoms with Gasteiger partial charge in [0.2, 0.25) is 5.91 Å². The monoisotopic (exact) mass is 276 g/mol. The van der Waals surface area contributed by atoms with Crippen molar-refractivity contribution in [1.29, 1.82) is 0 Å². The van der Waals surface area contributed by atoms with Crippen LogP contribution in [0.4, 0.5) is 4.39 Å². The number of nitrogens with zero attached hydrogens (tertiary/aromatic N) is 1. The number of hydrogen-bond donors (Lipinski definition) is 1. The molecule has 0 bridgehead atoms. The molecule has 4 heteroatoms. The summed E-state index contributed by atoms with van der Waals surface area (Å²) >= 11 is 0. The Morgan fingerprint density at radius 3 is 2.60 bits per heavy atom. The van der Waals surface area contributed by atoms with Gasteiger partial charge in [0.15, 0.2) is 0 Å². The van der Waals surface area contributed by atoms with Crippen LogP contribution < -0.4 is 5.32 Å². The van der Waals surface area contributed by atoms with Crippen molar-refractivity contribution < 1.29 is 9.18 Å². The lowest BCUT2D eigenvalue weighted by Gasteiger charge is -2.33. The quantitative estimate of drug-likeness (QED) is 0.920. The molecule has 1 N–H and O–H groups in total. The van der Waals surface area contributed by atoms with Crippen LogP contribution in [0, 0.1) is 11.2 Å². The summed E-state index contributed by atoms with van der Waals surface area (Å²) < 4.78 is 13.0. The van der Waals surface area contributed by atoms with Gasteiger partial charge >= 0.3 is 0 Å². The molecule has 2 fully saturated rings. The maximum atomic E-state index is 13.0. The first-order chi connectivity index (χ1) is 9.57. The van der Waals surface area contributed by atoms with E-state index >= 15 is 0 Å². The first-order valence-corrected chi connectivity index (χ1v) is 7.36. The highest BCUT2D eigenvalue weighted by Gasteiger charge is 2.38. The van der Waals surface area contributed by atoms with Crippen molar-refractivity contribution in [2.45, 2.75) is 38.8 Å². The highest BCUT2D eigenvalue weighted by atomic mass is 19.1. The first kappa shape index (κ1) is 13.6. The first-order valence-electron chi connectivity index (χ1n) is 7.36. The summed E-state index contributed by atoms with van der Waals surface area (Å²) in [6.07, 6.45) is 4.78. The van der Waals surface area contributed by atoms with Crippen LogP contribution in [0.1, 0.15) is 44.3 Å². The number of hydrogen-bond acceptors (Lipinski definition) is 2. The van der Waals surface area contributed by atoms with E-state index in [1.165, 1.54) is 37.8 Å². The van der Waals surface area contributed by atoms with Crippen LogP contribution in [0.5, 0.6) is 0 Å². The number of rotatable bonds is 3.